The maximum absolute atomic E-state index is 11.8. The third kappa shape index (κ3) is 4.39. The highest BCUT2D eigenvalue weighted by Crippen LogP contribution is 2.04. The van der Waals surface area contributed by atoms with Crippen LogP contribution in [0.25, 0.3) is 10.4 Å². The van der Waals surface area contributed by atoms with Crippen LogP contribution >= 0.6 is 0 Å². The SMILES string of the molecule is Cc1cc(C(=O)NCCCCN=[N+]=[N-])c(C)nn1. The Morgan fingerprint density at radius 3 is 2.94 bits per heavy atom. The highest BCUT2D eigenvalue weighted by molar-refractivity contribution is 5.95. The largest absolute Gasteiger partial charge is 0.352 e. The van der Waals surface area contributed by atoms with Crippen LogP contribution in [0.2, 0.25) is 0 Å². The predicted molar refractivity (Wildman–Crippen MR) is 67.1 cm³/mol. The molecule has 0 atom stereocenters. The van der Waals surface area contributed by atoms with E-state index in [1.807, 2.05) is 0 Å². The normalized spacial score (nSPS) is 9.67. The third-order valence-corrected chi connectivity index (χ3v) is 2.38. The molecule has 7 heteroatoms. The number of aryl methyl sites for hydroxylation is 2. The van der Waals surface area contributed by atoms with E-state index in [4.69, 9.17) is 5.53 Å². The van der Waals surface area contributed by atoms with Crippen molar-refractivity contribution in [2.75, 3.05) is 13.1 Å². The molecule has 0 spiro atoms. The van der Waals surface area contributed by atoms with E-state index in [9.17, 15) is 4.79 Å². The molecular formula is C11H16N6O. The second kappa shape index (κ2) is 7.24. The predicted octanol–water partition coefficient (Wildman–Crippen LogP) is 1.91. The number of carbonyl (C=O) groups excluding carboxylic acids is 1. The molecule has 7 nitrogen and oxygen atoms in total. The van der Waals surface area contributed by atoms with E-state index in [1.54, 1.807) is 19.9 Å². The van der Waals surface area contributed by atoms with Gasteiger partial charge in [0.15, 0.2) is 0 Å². The van der Waals surface area contributed by atoms with Crippen molar-refractivity contribution >= 4 is 5.91 Å². The lowest BCUT2D eigenvalue weighted by molar-refractivity contribution is 0.0951. The monoisotopic (exact) mass is 248 g/mol. The maximum atomic E-state index is 11.8. The second-order valence-electron chi connectivity index (χ2n) is 3.90. The van der Waals surface area contributed by atoms with Crippen LogP contribution in [0.1, 0.15) is 34.6 Å². The fourth-order valence-electron chi connectivity index (χ4n) is 1.43. The molecule has 1 aromatic rings. The van der Waals surface area contributed by atoms with Crippen molar-refractivity contribution < 1.29 is 4.79 Å². The minimum atomic E-state index is -0.144. The number of azide groups is 1. The first-order valence-electron chi connectivity index (χ1n) is 5.75. The van der Waals surface area contributed by atoms with Crippen molar-refractivity contribution in [2.45, 2.75) is 26.7 Å². The standard InChI is InChI=1S/C11H16N6O/c1-8-7-10(9(2)16-15-8)11(18)13-5-3-4-6-14-17-12/h7H,3-6H2,1-2H3,(H,13,18). The molecule has 96 valence electrons. The number of rotatable bonds is 6. The lowest BCUT2D eigenvalue weighted by Gasteiger charge is -2.06. The van der Waals surface area contributed by atoms with Gasteiger partial charge in [-0.3, -0.25) is 4.79 Å². The Balaban J connectivity index is 2.41. The summed E-state index contributed by atoms with van der Waals surface area (Å²) in [5.74, 6) is -0.144. The Bertz CT molecular complexity index is 467. The molecule has 0 aromatic carbocycles. The average Bonchev–Trinajstić information content (AvgIpc) is 2.36. The van der Waals surface area contributed by atoms with Gasteiger partial charge in [-0.15, -0.1) is 0 Å². The molecule has 1 amide bonds. The summed E-state index contributed by atoms with van der Waals surface area (Å²) >= 11 is 0. The molecular weight excluding hydrogens is 232 g/mol. The van der Waals surface area contributed by atoms with E-state index in [0.717, 1.165) is 12.8 Å². The van der Waals surface area contributed by atoms with Crippen LogP contribution in [0.4, 0.5) is 0 Å². The molecule has 0 bridgehead atoms. The van der Waals surface area contributed by atoms with E-state index in [0.29, 0.717) is 30.0 Å². The van der Waals surface area contributed by atoms with E-state index >= 15 is 0 Å². The summed E-state index contributed by atoms with van der Waals surface area (Å²) in [6.07, 6.45) is 1.54. The van der Waals surface area contributed by atoms with E-state index in [2.05, 4.69) is 25.5 Å². The highest BCUT2D eigenvalue weighted by atomic mass is 16.1. The van der Waals surface area contributed by atoms with Gasteiger partial charge in [0, 0.05) is 18.0 Å². The van der Waals surface area contributed by atoms with Crippen LogP contribution in [0.15, 0.2) is 11.2 Å². The minimum absolute atomic E-state index is 0.144. The maximum Gasteiger partial charge on any atom is 0.253 e. The van der Waals surface area contributed by atoms with Gasteiger partial charge in [0.05, 0.1) is 17.0 Å². The van der Waals surface area contributed by atoms with Crippen molar-refractivity contribution in [3.8, 4) is 0 Å². The van der Waals surface area contributed by atoms with Gasteiger partial charge in [-0.1, -0.05) is 5.11 Å². The molecule has 1 heterocycles. The molecule has 18 heavy (non-hydrogen) atoms. The second-order valence-corrected chi connectivity index (χ2v) is 3.90. The van der Waals surface area contributed by atoms with Crippen LogP contribution in [-0.4, -0.2) is 29.2 Å². The molecule has 0 aliphatic rings. The number of nitrogens with zero attached hydrogens (tertiary/aromatic N) is 5. The van der Waals surface area contributed by atoms with Crippen molar-refractivity contribution in [1.29, 1.82) is 0 Å². The van der Waals surface area contributed by atoms with Crippen molar-refractivity contribution in [1.82, 2.24) is 15.5 Å². The lowest BCUT2D eigenvalue weighted by atomic mass is 10.2. The van der Waals surface area contributed by atoms with Crippen LogP contribution in [0.5, 0.6) is 0 Å². The zero-order valence-electron chi connectivity index (χ0n) is 10.6. The van der Waals surface area contributed by atoms with Crippen LogP contribution in [0.3, 0.4) is 0 Å². The first-order valence-corrected chi connectivity index (χ1v) is 5.75. The molecule has 0 saturated carbocycles. The van der Waals surface area contributed by atoms with Crippen molar-refractivity contribution in [3.63, 3.8) is 0 Å². The Morgan fingerprint density at radius 1 is 1.44 bits per heavy atom. The molecule has 0 aliphatic carbocycles. The van der Waals surface area contributed by atoms with E-state index in [1.165, 1.54) is 0 Å². The average molecular weight is 248 g/mol. The molecule has 1 aromatic heterocycles. The smallest absolute Gasteiger partial charge is 0.253 e. The summed E-state index contributed by atoms with van der Waals surface area (Å²) in [7, 11) is 0. The number of hydrogen-bond donors (Lipinski definition) is 1. The molecule has 0 aliphatic heterocycles. The zero-order valence-corrected chi connectivity index (χ0v) is 10.6. The molecule has 0 fully saturated rings. The number of carbonyl (C=O) groups is 1. The van der Waals surface area contributed by atoms with Crippen LogP contribution in [-0.2, 0) is 0 Å². The topological polar surface area (TPSA) is 104 Å². The molecule has 1 rings (SSSR count). The van der Waals surface area contributed by atoms with Gasteiger partial charge in [-0.2, -0.15) is 10.2 Å². The fraction of sp³-hybridized carbons (Fsp3) is 0.545. The highest BCUT2D eigenvalue weighted by Gasteiger charge is 2.09. The Labute approximate surface area is 105 Å². The number of amides is 1. The summed E-state index contributed by atoms with van der Waals surface area (Å²) in [5, 5.41) is 14.0. The van der Waals surface area contributed by atoms with Gasteiger partial charge in [0.25, 0.3) is 5.91 Å². The molecule has 0 radical (unpaired) electrons. The van der Waals surface area contributed by atoms with E-state index < -0.39 is 0 Å². The number of unbranched alkanes of at least 4 members (excludes halogenated alkanes) is 1. The van der Waals surface area contributed by atoms with Gasteiger partial charge in [0.2, 0.25) is 0 Å². The summed E-state index contributed by atoms with van der Waals surface area (Å²) in [4.78, 5) is 14.5. The van der Waals surface area contributed by atoms with Crippen molar-refractivity contribution in [3.05, 3.63) is 33.5 Å². The first-order chi connectivity index (χ1) is 8.65. The number of nitrogens with one attached hydrogen (secondary N) is 1. The zero-order chi connectivity index (χ0) is 13.4. The Morgan fingerprint density at radius 2 is 2.22 bits per heavy atom. The number of aromatic nitrogens is 2. The summed E-state index contributed by atoms with van der Waals surface area (Å²) in [6.45, 7) is 4.56. The molecule has 0 saturated heterocycles. The van der Waals surface area contributed by atoms with Gasteiger partial charge < -0.3 is 5.32 Å². The fourth-order valence-corrected chi connectivity index (χ4v) is 1.43. The van der Waals surface area contributed by atoms with Gasteiger partial charge in [-0.05, 0) is 38.3 Å². The van der Waals surface area contributed by atoms with Crippen LogP contribution in [0, 0.1) is 13.8 Å². The van der Waals surface area contributed by atoms with Gasteiger partial charge in [0.1, 0.15) is 0 Å². The number of hydrogen-bond acceptors (Lipinski definition) is 4. The minimum Gasteiger partial charge on any atom is -0.352 e. The Kier molecular flexibility index (Phi) is 5.60. The summed E-state index contributed by atoms with van der Waals surface area (Å²) in [6, 6.07) is 1.72. The van der Waals surface area contributed by atoms with E-state index in [-0.39, 0.29) is 5.91 Å². The van der Waals surface area contributed by atoms with Crippen LogP contribution < -0.4 is 5.32 Å². The third-order valence-electron chi connectivity index (χ3n) is 2.38. The first kappa shape index (κ1) is 13.9. The summed E-state index contributed by atoms with van der Waals surface area (Å²) < 4.78 is 0. The molecule has 1 N–H and O–H groups in total. The van der Waals surface area contributed by atoms with Gasteiger partial charge >= 0.3 is 0 Å². The Hall–Kier alpha value is -2.14. The van der Waals surface area contributed by atoms with Gasteiger partial charge in [-0.25, -0.2) is 0 Å². The lowest BCUT2D eigenvalue weighted by Crippen LogP contribution is -2.26. The molecule has 0 unspecified atom stereocenters. The quantitative estimate of drug-likeness (QED) is 0.360. The van der Waals surface area contributed by atoms with Crippen molar-refractivity contribution in [2.24, 2.45) is 5.11 Å². The summed E-state index contributed by atoms with van der Waals surface area (Å²) in [5.41, 5.74) is 9.98.